The molecular formula is C18H19N3O3. The third-order valence-corrected chi connectivity index (χ3v) is 4.00. The SMILES string of the molecule is COc1ccc(Cn2c(C(C)C)nc3c([N+](=O)[O-])cccc32)cc1. The summed E-state index contributed by atoms with van der Waals surface area (Å²) in [7, 11) is 1.63. The van der Waals surface area contributed by atoms with E-state index in [1.807, 2.05) is 44.2 Å². The number of ether oxygens (including phenoxy) is 1. The predicted molar refractivity (Wildman–Crippen MR) is 92.6 cm³/mol. The number of para-hydroxylation sites is 1. The maximum absolute atomic E-state index is 11.3. The van der Waals surface area contributed by atoms with Crippen molar-refractivity contribution in [2.45, 2.75) is 26.3 Å². The smallest absolute Gasteiger partial charge is 0.297 e. The van der Waals surface area contributed by atoms with Crippen LogP contribution in [0.15, 0.2) is 42.5 Å². The first-order valence-corrected chi connectivity index (χ1v) is 7.77. The number of aromatic nitrogens is 2. The minimum absolute atomic E-state index is 0.0443. The summed E-state index contributed by atoms with van der Waals surface area (Å²) in [5.41, 5.74) is 2.36. The molecule has 0 N–H and O–H groups in total. The zero-order valence-electron chi connectivity index (χ0n) is 13.9. The number of methoxy groups -OCH3 is 1. The van der Waals surface area contributed by atoms with Gasteiger partial charge in [0.1, 0.15) is 11.6 Å². The van der Waals surface area contributed by atoms with Gasteiger partial charge in [0.2, 0.25) is 0 Å². The Balaban J connectivity index is 2.12. The van der Waals surface area contributed by atoms with Crippen molar-refractivity contribution in [3.63, 3.8) is 0 Å². The molecule has 0 radical (unpaired) electrons. The van der Waals surface area contributed by atoms with Gasteiger partial charge in [0.25, 0.3) is 5.69 Å². The van der Waals surface area contributed by atoms with Crippen LogP contribution in [-0.2, 0) is 6.54 Å². The Bertz CT molecular complexity index is 882. The van der Waals surface area contributed by atoms with Crippen LogP contribution < -0.4 is 4.74 Å². The number of rotatable bonds is 5. The first-order valence-electron chi connectivity index (χ1n) is 7.77. The molecule has 6 heteroatoms. The summed E-state index contributed by atoms with van der Waals surface area (Å²) in [5, 5.41) is 11.3. The zero-order chi connectivity index (χ0) is 17.3. The number of hydrogen-bond donors (Lipinski definition) is 0. The molecule has 1 aromatic heterocycles. The van der Waals surface area contributed by atoms with Gasteiger partial charge in [-0.05, 0) is 23.8 Å². The van der Waals surface area contributed by atoms with Crippen LogP contribution in [0.1, 0.15) is 31.2 Å². The highest BCUT2D eigenvalue weighted by Crippen LogP contribution is 2.29. The monoisotopic (exact) mass is 325 g/mol. The second-order valence-electron chi connectivity index (χ2n) is 5.96. The molecule has 0 bridgehead atoms. The van der Waals surface area contributed by atoms with Crippen LogP contribution in [0.5, 0.6) is 5.75 Å². The fraction of sp³-hybridized carbons (Fsp3) is 0.278. The van der Waals surface area contributed by atoms with E-state index < -0.39 is 0 Å². The van der Waals surface area contributed by atoms with Gasteiger partial charge in [-0.3, -0.25) is 10.1 Å². The van der Waals surface area contributed by atoms with E-state index in [4.69, 9.17) is 4.74 Å². The van der Waals surface area contributed by atoms with Gasteiger partial charge in [0, 0.05) is 18.5 Å². The number of non-ortho nitro benzene ring substituents is 1. The topological polar surface area (TPSA) is 70.2 Å². The average Bonchev–Trinajstić information content (AvgIpc) is 2.94. The minimum Gasteiger partial charge on any atom is -0.497 e. The number of nitrogens with zero attached hydrogens (tertiary/aromatic N) is 3. The lowest BCUT2D eigenvalue weighted by atomic mass is 10.2. The summed E-state index contributed by atoms with van der Waals surface area (Å²) in [6.07, 6.45) is 0. The second kappa shape index (κ2) is 6.31. The molecule has 0 spiro atoms. The Morgan fingerprint density at radius 3 is 2.50 bits per heavy atom. The standard InChI is InChI=1S/C18H19N3O3/c1-12(2)18-19-17-15(5-4-6-16(17)21(22)23)20(18)11-13-7-9-14(24-3)10-8-13/h4-10,12H,11H2,1-3H3. The quantitative estimate of drug-likeness (QED) is 0.522. The van der Waals surface area contributed by atoms with Crippen molar-refractivity contribution in [3.8, 4) is 5.75 Å². The molecule has 0 fully saturated rings. The number of nitro benzene ring substituents is 1. The van der Waals surface area contributed by atoms with E-state index in [9.17, 15) is 10.1 Å². The second-order valence-corrected chi connectivity index (χ2v) is 5.96. The van der Waals surface area contributed by atoms with E-state index in [1.54, 1.807) is 13.2 Å². The fourth-order valence-electron chi connectivity index (χ4n) is 2.82. The molecule has 6 nitrogen and oxygen atoms in total. The van der Waals surface area contributed by atoms with Gasteiger partial charge in [0.05, 0.1) is 17.5 Å². The number of hydrogen-bond acceptors (Lipinski definition) is 4. The Morgan fingerprint density at radius 1 is 1.21 bits per heavy atom. The van der Waals surface area contributed by atoms with Gasteiger partial charge >= 0.3 is 0 Å². The van der Waals surface area contributed by atoms with Gasteiger partial charge in [-0.1, -0.05) is 32.0 Å². The molecule has 0 saturated carbocycles. The Hall–Kier alpha value is -2.89. The summed E-state index contributed by atoms with van der Waals surface area (Å²) in [4.78, 5) is 15.5. The van der Waals surface area contributed by atoms with Gasteiger partial charge in [-0.25, -0.2) is 4.98 Å². The molecule has 0 aliphatic rings. The fourth-order valence-corrected chi connectivity index (χ4v) is 2.82. The van der Waals surface area contributed by atoms with Crippen molar-refractivity contribution in [3.05, 3.63) is 64.0 Å². The summed E-state index contributed by atoms with van der Waals surface area (Å²) in [6, 6.07) is 12.9. The largest absolute Gasteiger partial charge is 0.497 e. The van der Waals surface area contributed by atoms with Crippen LogP contribution in [0.2, 0.25) is 0 Å². The van der Waals surface area contributed by atoms with E-state index in [1.165, 1.54) is 6.07 Å². The lowest BCUT2D eigenvalue weighted by molar-refractivity contribution is -0.383. The van der Waals surface area contributed by atoms with Gasteiger partial charge in [-0.2, -0.15) is 0 Å². The van der Waals surface area contributed by atoms with Crippen molar-refractivity contribution in [2.75, 3.05) is 7.11 Å². The molecule has 0 atom stereocenters. The van der Waals surface area contributed by atoms with E-state index >= 15 is 0 Å². The summed E-state index contributed by atoms with van der Waals surface area (Å²) < 4.78 is 7.23. The van der Waals surface area contributed by atoms with Gasteiger partial charge in [-0.15, -0.1) is 0 Å². The highest BCUT2D eigenvalue weighted by Gasteiger charge is 2.20. The number of benzene rings is 2. The molecule has 0 aliphatic heterocycles. The van der Waals surface area contributed by atoms with E-state index in [0.717, 1.165) is 22.7 Å². The molecule has 0 amide bonds. The third-order valence-electron chi connectivity index (χ3n) is 4.00. The normalized spacial score (nSPS) is 11.2. The molecule has 3 aromatic rings. The van der Waals surface area contributed by atoms with Crippen molar-refractivity contribution in [2.24, 2.45) is 0 Å². The van der Waals surface area contributed by atoms with Crippen molar-refractivity contribution < 1.29 is 9.66 Å². The lowest BCUT2D eigenvalue weighted by Crippen LogP contribution is -2.06. The highest BCUT2D eigenvalue weighted by molar-refractivity contribution is 5.85. The summed E-state index contributed by atoms with van der Waals surface area (Å²) in [6.45, 7) is 4.68. The van der Waals surface area contributed by atoms with Crippen LogP contribution >= 0.6 is 0 Å². The maximum atomic E-state index is 11.3. The molecule has 0 unspecified atom stereocenters. The number of nitro groups is 1. The van der Waals surface area contributed by atoms with E-state index in [0.29, 0.717) is 12.1 Å². The maximum Gasteiger partial charge on any atom is 0.297 e. The first-order chi connectivity index (χ1) is 11.5. The predicted octanol–water partition coefficient (Wildman–Crippen LogP) is 4.12. The molecule has 0 aliphatic carbocycles. The zero-order valence-corrected chi connectivity index (χ0v) is 13.9. The van der Waals surface area contributed by atoms with Crippen LogP contribution in [0.3, 0.4) is 0 Å². The van der Waals surface area contributed by atoms with Crippen molar-refractivity contribution >= 4 is 16.7 Å². The van der Waals surface area contributed by atoms with Gasteiger partial charge in [0.15, 0.2) is 5.52 Å². The molecule has 0 saturated heterocycles. The average molecular weight is 325 g/mol. The van der Waals surface area contributed by atoms with Crippen molar-refractivity contribution in [1.82, 2.24) is 9.55 Å². The number of imidazole rings is 1. The molecule has 3 rings (SSSR count). The van der Waals surface area contributed by atoms with E-state index in [2.05, 4.69) is 9.55 Å². The Kier molecular flexibility index (Phi) is 4.20. The Morgan fingerprint density at radius 2 is 1.92 bits per heavy atom. The van der Waals surface area contributed by atoms with Crippen LogP contribution in [-0.4, -0.2) is 21.6 Å². The molecule has 24 heavy (non-hydrogen) atoms. The van der Waals surface area contributed by atoms with E-state index in [-0.39, 0.29) is 16.5 Å². The number of fused-ring (bicyclic) bond motifs is 1. The van der Waals surface area contributed by atoms with Crippen LogP contribution in [0.25, 0.3) is 11.0 Å². The highest BCUT2D eigenvalue weighted by atomic mass is 16.6. The molecule has 2 aromatic carbocycles. The summed E-state index contributed by atoms with van der Waals surface area (Å²) >= 11 is 0. The molecule has 124 valence electrons. The van der Waals surface area contributed by atoms with Crippen molar-refractivity contribution in [1.29, 1.82) is 0 Å². The van der Waals surface area contributed by atoms with Crippen LogP contribution in [0.4, 0.5) is 5.69 Å². The minimum atomic E-state index is -0.378. The lowest BCUT2D eigenvalue weighted by Gasteiger charge is -2.12. The molecular weight excluding hydrogens is 306 g/mol. The summed E-state index contributed by atoms with van der Waals surface area (Å²) in [5.74, 6) is 1.80. The molecule has 1 heterocycles. The third kappa shape index (κ3) is 2.82. The van der Waals surface area contributed by atoms with Gasteiger partial charge < -0.3 is 9.30 Å². The first kappa shape index (κ1) is 16.0. The Labute approximate surface area is 139 Å². The van der Waals surface area contributed by atoms with Crippen LogP contribution in [0, 0.1) is 10.1 Å².